The van der Waals surface area contributed by atoms with Gasteiger partial charge in [0.2, 0.25) is 5.91 Å². The van der Waals surface area contributed by atoms with E-state index in [1.807, 2.05) is 65.6 Å². The van der Waals surface area contributed by atoms with Crippen molar-refractivity contribution in [3.8, 4) is 0 Å². The number of hydrogen-bond donors (Lipinski definition) is 1. The molecule has 0 saturated carbocycles. The van der Waals surface area contributed by atoms with Crippen LogP contribution in [0.2, 0.25) is 0 Å². The van der Waals surface area contributed by atoms with Crippen LogP contribution < -0.4 is 10.2 Å². The van der Waals surface area contributed by atoms with Gasteiger partial charge in [0.25, 0.3) is 0 Å². The second kappa shape index (κ2) is 8.85. The number of fused-ring (bicyclic) bond motifs is 6. The number of Topliss-reactive ketones (excluding diaryl/α,β-unsaturated/α-hetero) is 2. The van der Waals surface area contributed by atoms with Crippen LogP contribution in [0.3, 0.4) is 0 Å². The third-order valence-electron chi connectivity index (χ3n) is 8.17. The lowest BCUT2D eigenvalue weighted by Crippen LogP contribution is -2.51. The van der Waals surface area contributed by atoms with Crippen LogP contribution in [-0.2, 0) is 10.2 Å². The molecule has 190 valence electrons. The lowest BCUT2D eigenvalue weighted by molar-refractivity contribution is -0.121. The van der Waals surface area contributed by atoms with Crippen LogP contribution in [0.1, 0.15) is 31.8 Å². The maximum Gasteiger partial charge on any atom is 0.238 e. The maximum atomic E-state index is 14.7. The predicted molar refractivity (Wildman–Crippen MR) is 153 cm³/mol. The van der Waals surface area contributed by atoms with Gasteiger partial charge in [-0.1, -0.05) is 76.6 Å². The molecule has 7 rings (SSSR count). The van der Waals surface area contributed by atoms with Crippen LogP contribution in [0, 0.1) is 5.92 Å². The lowest BCUT2D eigenvalue weighted by Gasteiger charge is -2.37. The summed E-state index contributed by atoms with van der Waals surface area (Å²) in [5, 5.41) is 3.05. The molecule has 0 bridgehead atoms. The number of ketones is 2. The summed E-state index contributed by atoms with van der Waals surface area (Å²) >= 11 is 3.45. The monoisotopic (exact) mass is 575 g/mol. The molecule has 0 aliphatic carbocycles. The summed E-state index contributed by atoms with van der Waals surface area (Å²) < 4.78 is 0.835. The number of rotatable bonds is 4. The van der Waals surface area contributed by atoms with Gasteiger partial charge in [-0.15, -0.1) is 0 Å². The average Bonchev–Trinajstić information content (AvgIpc) is 3.45. The van der Waals surface area contributed by atoms with Crippen LogP contribution in [0.15, 0.2) is 108 Å². The Bertz CT molecular complexity index is 1680. The van der Waals surface area contributed by atoms with Crippen molar-refractivity contribution in [3.05, 3.63) is 130 Å². The average molecular weight is 576 g/mol. The number of carbonyl (C=O) groups excluding carboxylic acids is 3. The van der Waals surface area contributed by atoms with Crippen molar-refractivity contribution in [1.82, 2.24) is 4.98 Å². The minimum absolute atomic E-state index is 0.247. The Hall–Kier alpha value is -4.36. The number of nitrogens with zero attached hydrogens (tertiary/aromatic N) is 2. The Morgan fingerprint density at radius 1 is 0.872 bits per heavy atom. The highest BCUT2D eigenvalue weighted by Gasteiger charge is 2.70. The van der Waals surface area contributed by atoms with Crippen molar-refractivity contribution in [2.75, 3.05) is 10.2 Å². The number of hydrogen-bond acceptors (Lipinski definition) is 5. The molecule has 1 N–H and O–H groups in total. The predicted octanol–water partition coefficient (Wildman–Crippen LogP) is 5.70. The van der Waals surface area contributed by atoms with Gasteiger partial charge in [-0.3, -0.25) is 19.4 Å². The number of carbonyl (C=O) groups is 3. The SMILES string of the molecule is O=C(c1cccnc1)[C@@H]1[C@H](C(=O)c2ccc(Br)cc2)[C@]2(C(=O)Nc3ccccc32)[C@H]2C=Cc3ccccc3N12. The maximum absolute atomic E-state index is 14.7. The van der Waals surface area contributed by atoms with Crippen molar-refractivity contribution in [1.29, 1.82) is 0 Å². The third kappa shape index (κ3) is 3.32. The van der Waals surface area contributed by atoms with Crippen molar-refractivity contribution < 1.29 is 14.4 Å². The number of para-hydroxylation sites is 2. The summed E-state index contributed by atoms with van der Waals surface area (Å²) in [5.74, 6) is -1.78. The molecule has 1 amide bonds. The van der Waals surface area contributed by atoms with Crippen LogP contribution in [0.25, 0.3) is 6.08 Å². The first-order valence-corrected chi connectivity index (χ1v) is 13.5. The molecule has 1 fully saturated rings. The molecule has 39 heavy (non-hydrogen) atoms. The molecule has 1 aromatic heterocycles. The summed E-state index contributed by atoms with van der Waals surface area (Å²) in [5.41, 5.74) is 2.65. The second-order valence-corrected chi connectivity index (χ2v) is 11.0. The molecule has 1 saturated heterocycles. The Morgan fingerprint density at radius 3 is 2.44 bits per heavy atom. The molecule has 3 aliphatic rings. The standard InChI is InChI=1S/C32H22BrN3O3/c33-22-14-11-20(12-15-22)29(37)27-28(30(38)21-7-5-17-34-18-21)36-25-10-4-1-6-19(25)13-16-26(36)32(27)23-8-2-3-9-24(23)35-31(32)39/h1-18,26-28H,(H,35,39)/t26-,27-,28+,32-/m1/s1. The zero-order chi connectivity index (χ0) is 26.7. The fraction of sp³-hybridized carbons (Fsp3) is 0.125. The van der Waals surface area contributed by atoms with E-state index in [9.17, 15) is 14.4 Å². The number of anilines is 2. The zero-order valence-electron chi connectivity index (χ0n) is 20.6. The first-order chi connectivity index (χ1) is 19.0. The van der Waals surface area contributed by atoms with E-state index in [2.05, 4.69) is 26.2 Å². The minimum atomic E-state index is -1.33. The molecule has 0 unspecified atom stereocenters. The highest BCUT2D eigenvalue weighted by molar-refractivity contribution is 9.10. The fourth-order valence-corrected chi connectivity index (χ4v) is 6.86. The van der Waals surface area contributed by atoms with Gasteiger partial charge in [-0.25, -0.2) is 0 Å². The molecule has 0 radical (unpaired) electrons. The number of benzene rings is 3. The van der Waals surface area contributed by atoms with Gasteiger partial charge in [0.05, 0.1) is 12.0 Å². The topological polar surface area (TPSA) is 79.4 Å². The van der Waals surface area contributed by atoms with Gasteiger partial charge < -0.3 is 10.2 Å². The molecular weight excluding hydrogens is 554 g/mol. The Labute approximate surface area is 233 Å². The van der Waals surface area contributed by atoms with E-state index < -0.39 is 23.4 Å². The quantitative estimate of drug-likeness (QED) is 0.316. The number of halogens is 1. The van der Waals surface area contributed by atoms with E-state index in [0.29, 0.717) is 16.8 Å². The summed E-state index contributed by atoms with van der Waals surface area (Å²) in [7, 11) is 0. The van der Waals surface area contributed by atoms with E-state index in [4.69, 9.17) is 0 Å². The van der Waals surface area contributed by atoms with Crippen molar-refractivity contribution >= 4 is 50.9 Å². The number of amides is 1. The van der Waals surface area contributed by atoms with Crippen molar-refractivity contribution in [2.45, 2.75) is 17.5 Å². The minimum Gasteiger partial charge on any atom is -0.352 e. The molecule has 4 heterocycles. The van der Waals surface area contributed by atoms with Gasteiger partial charge in [0.15, 0.2) is 11.6 Å². The van der Waals surface area contributed by atoms with E-state index in [-0.39, 0.29) is 17.5 Å². The highest BCUT2D eigenvalue weighted by Crippen LogP contribution is 2.58. The second-order valence-electron chi connectivity index (χ2n) is 10.0. The molecule has 4 aromatic rings. The van der Waals surface area contributed by atoms with E-state index >= 15 is 0 Å². The van der Waals surface area contributed by atoms with Gasteiger partial charge in [0.1, 0.15) is 11.5 Å². The molecule has 6 nitrogen and oxygen atoms in total. The smallest absolute Gasteiger partial charge is 0.238 e. The third-order valence-corrected chi connectivity index (χ3v) is 8.70. The van der Waals surface area contributed by atoms with Crippen molar-refractivity contribution in [3.63, 3.8) is 0 Å². The Kier molecular flexibility index (Phi) is 5.39. The van der Waals surface area contributed by atoms with Gasteiger partial charge in [0, 0.05) is 39.4 Å². The van der Waals surface area contributed by atoms with E-state index in [0.717, 1.165) is 21.3 Å². The molecule has 4 atom stereocenters. The van der Waals surface area contributed by atoms with Crippen LogP contribution in [0.4, 0.5) is 11.4 Å². The Morgan fingerprint density at radius 2 is 1.64 bits per heavy atom. The molecular formula is C32H22BrN3O3. The summed E-state index contributed by atoms with van der Waals surface area (Å²) in [6, 6.07) is 24.3. The zero-order valence-corrected chi connectivity index (χ0v) is 22.2. The molecule has 7 heteroatoms. The lowest BCUT2D eigenvalue weighted by atomic mass is 9.64. The first kappa shape index (κ1) is 23.7. The Balaban J connectivity index is 1.54. The van der Waals surface area contributed by atoms with E-state index in [1.54, 1.807) is 42.6 Å². The van der Waals surface area contributed by atoms with Crippen LogP contribution in [-0.4, -0.2) is 34.5 Å². The van der Waals surface area contributed by atoms with Crippen LogP contribution in [0.5, 0.6) is 0 Å². The van der Waals surface area contributed by atoms with Gasteiger partial charge in [-0.05, 0) is 47.5 Å². The fourth-order valence-electron chi connectivity index (χ4n) is 6.59. The normalized spacial score (nSPS) is 24.2. The summed E-state index contributed by atoms with van der Waals surface area (Å²) in [6.07, 6.45) is 7.10. The molecule has 1 spiro atoms. The first-order valence-electron chi connectivity index (χ1n) is 12.7. The molecule has 3 aromatic carbocycles. The largest absolute Gasteiger partial charge is 0.352 e. The van der Waals surface area contributed by atoms with Crippen molar-refractivity contribution in [2.24, 2.45) is 5.92 Å². The van der Waals surface area contributed by atoms with Crippen LogP contribution >= 0.6 is 15.9 Å². The van der Waals surface area contributed by atoms with E-state index in [1.165, 1.54) is 6.20 Å². The van der Waals surface area contributed by atoms with Gasteiger partial charge >= 0.3 is 0 Å². The summed E-state index contributed by atoms with van der Waals surface area (Å²) in [6.45, 7) is 0. The molecule has 3 aliphatic heterocycles. The number of nitrogens with one attached hydrogen (secondary N) is 1. The highest BCUT2D eigenvalue weighted by atomic mass is 79.9. The number of pyridine rings is 1. The van der Waals surface area contributed by atoms with Gasteiger partial charge in [-0.2, -0.15) is 0 Å². The summed E-state index contributed by atoms with van der Waals surface area (Å²) in [4.78, 5) is 49.6. The number of aromatic nitrogens is 1.